The first kappa shape index (κ1) is 11.9. The molecule has 0 bridgehead atoms. The van der Waals surface area contributed by atoms with Crippen LogP contribution >= 0.6 is 38.5 Å². The average Bonchev–Trinajstić information content (AvgIpc) is 2.21. The lowest BCUT2D eigenvalue weighted by molar-refractivity contribution is 1.25. The molecular weight excluding hydrogens is 353 g/mol. The van der Waals surface area contributed by atoms with Gasteiger partial charge in [0.15, 0.2) is 0 Å². The fraction of sp³-hybridized carbons (Fsp3) is 0.182. The Hall–Kier alpha value is -0.160. The number of nitrogens with zero attached hydrogens (tertiary/aromatic N) is 1. The SMILES string of the molecule is CI.Cc1ccc2cc(Br)ccc2n1. The maximum Gasteiger partial charge on any atom is 0.0705 e. The van der Waals surface area contributed by atoms with Gasteiger partial charge in [0.2, 0.25) is 0 Å². The molecule has 3 heteroatoms. The Labute approximate surface area is 106 Å². The van der Waals surface area contributed by atoms with Gasteiger partial charge in [-0.25, -0.2) is 0 Å². The Morgan fingerprint density at radius 3 is 2.57 bits per heavy atom. The van der Waals surface area contributed by atoms with Gasteiger partial charge in [-0.3, -0.25) is 4.98 Å². The third kappa shape index (κ3) is 2.92. The number of aromatic nitrogens is 1. The summed E-state index contributed by atoms with van der Waals surface area (Å²) in [6, 6.07) is 10.2. The minimum Gasteiger partial charge on any atom is -0.253 e. The topological polar surface area (TPSA) is 12.9 Å². The van der Waals surface area contributed by atoms with Crippen LogP contribution in [0.3, 0.4) is 0 Å². The summed E-state index contributed by atoms with van der Waals surface area (Å²) in [5.74, 6) is 0. The zero-order chi connectivity index (χ0) is 10.6. The maximum absolute atomic E-state index is 4.40. The Kier molecular flexibility index (Phi) is 4.81. The molecule has 0 aliphatic carbocycles. The van der Waals surface area contributed by atoms with E-state index in [0.29, 0.717) is 0 Å². The van der Waals surface area contributed by atoms with Gasteiger partial charge < -0.3 is 0 Å². The quantitative estimate of drug-likeness (QED) is 0.500. The van der Waals surface area contributed by atoms with Gasteiger partial charge in [0.25, 0.3) is 0 Å². The highest BCUT2D eigenvalue weighted by Gasteiger charge is 1.94. The Morgan fingerprint density at radius 2 is 1.86 bits per heavy atom. The maximum atomic E-state index is 4.40. The molecular formula is C11H11BrIN. The van der Waals surface area contributed by atoms with E-state index >= 15 is 0 Å². The van der Waals surface area contributed by atoms with Gasteiger partial charge in [0, 0.05) is 15.6 Å². The summed E-state index contributed by atoms with van der Waals surface area (Å²) in [6.45, 7) is 2.00. The highest BCUT2D eigenvalue weighted by Crippen LogP contribution is 2.18. The molecule has 1 aromatic carbocycles. The van der Waals surface area contributed by atoms with Crippen LogP contribution in [0.25, 0.3) is 10.9 Å². The van der Waals surface area contributed by atoms with Crippen molar-refractivity contribution in [3.63, 3.8) is 0 Å². The number of benzene rings is 1. The van der Waals surface area contributed by atoms with E-state index in [1.807, 2.05) is 30.1 Å². The molecule has 1 nitrogen and oxygen atoms in total. The Morgan fingerprint density at radius 1 is 1.14 bits per heavy atom. The summed E-state index contributed by atoms with van der Waals surface area (Å²) < 4.78 is 1.10. The molecule has 0 atom stereocenters. The van der Waals surface area contributed by atoms with Crippen LogP contribution in [0, 0.1) is 6.92 Å². The number of hydrogen-bond donors (Lipinski definition) is 0. The molecule has 0 radical (unpaired) electrons. The van der Waals surface area contributed by atoms with Crippen molar-refractivity contribution in [1.29, 1.82) is 0 Å². The van der Waals surface area contributed by atoms with E-state index in [-0.39, 0.29) is 0 Å². The van der Waals surface area contributed by atoms with E-state index in [4.69, 9.17) is 0 Å². The molecule has 0 saturated heterocycles. The smallest absolute Gasteiger partial charge is 0.0705 e. The lowest BCUT2D eigenvalue weighted by Crippen LogP contribution is -1.81. The molecule has 0 saturated carbocycles. The highest BCUT2D eigenvalue weighted by atomic mass is 127. The first-order valence-electron chi connectivity index (χ1n) is 4.16. The monoisotopic (exact) mass is 363 g/mol. The zero-order valence-corrected chi connectivity index (χ0v) is 11.8. The molecule has 0 spiro atoms. The van der Waals surface area contributed by atoms with Crippen LogP contribution < -0.4 is 0 Å². The number of aryl methyl sites for hydroxylation is 1. The van der Waals surface area contributed by atoms with Crippen molar-refractivity contribution in [1.82, 2.24) is 4.98 Å². The van der Waals surface area contributed by atoms with E-state index in [2.05, 4.69) is 55.6 Å². The Bertz CT molecular complexity index is 387. The van der Waals surface area contributed by atoms with E-state index < -0.39 is 0 Å². The first-order chi connectivity index (χ1) is 6.75. The van der Waals surface area contributed by atoms with E-state index in [1.165, 1.54) is 5.39 Å². The van der Waals surface area contributed by atoms with Crippen LogP contribution in [0.4, 0.5) is 0 Å². The fourth-order valence-electron chi connectivity index (χ4n) is 1.20. The zero-order valence-electron chi connectivity index (χ0n) is 8.09. The molecule has 0 N–H and O–H groups in total. The fourth-order valence-corrected chi connectivity index (χ4v) is 1.58. The Balaban J connectivity index is 0.000000461. The van der Waals surface area contributed by atoms with Crippen LogP contribution in [0.1, 0.15) is 5.69 Å². The van der Waals surface area contributed by atoms with Crippen molar-refractivity contribution >= 4 is 49.4 Å². The van der Waals surface area contributed by atoms with Crippen molar-refractivity contribution in [2.45, 2.75) is 6.92 Å². The van der Waals surface area contributed by atoms with Gasteiger partial charge in [-0.05, 0) is 36.1 Å². The minimum absolute atomic E-state index is 1.05. The second-order valence-corrected chi connectivity index (χ2v) is 3.71. The van der Waals surface area contributed by atoms with E-state index in [1.54, 1.807) is 0 Å². The standard InChI is InChI=1S/C10H8BrN.CH3I/c1-7-2-3-8-6-9(11)4-5-10(8)12-7;1-2/h2-6H,1H3;1H3. The van der Waals surface area contributed by atoms with Gasteiger partial charge in [0.1, 0.15) is 0 Å². The molecule has 2 aromatic rings. The van der Waals surface area contributed by atoms with Crippen LogP contribution in [-0.4, -0.2) is 9.91 Å². The molecule has 0 aliphatic rings. The molecule has 1 heterocycles. The lowest BCUT2D eigenvalue weighted by Gasteiger charge is -1.98. The lowest BCUT2D eigenvalue weighted by atomic mass is 10.2. The number of halogens is 2. The molecule has 0 unspecified atom stereocenters. The van der Waals surface area contributed by atoms with E-state index in [0.717, 1.165) is 15.7 Å². The molecule has 2 rings (SSSR count). The largest absolute Gasteiger partial charge is 0.253 e. The van der Waals surface area contributed by atoms with Crippen LogP contribution in [0.2, 0.25) is 0 Å². The number of pyridine rings is 1. The summed E-state index contributed by atoms with van der Waals surface area (Å²) in [6.07, 6.45) is 0. The third-order valence-corrected chi connectivity index (χ3v) is 2.28. The van der Waals surface area contributed by atoms with Crippen molar-refractivity contribution in [2.24, 2.45) is 0 Å². The van der Waals surface area contributed by atoms with E-state index in [9.17, 15) is 0 Å². The number of rotatable bonds is 0. The predicted molar refractivity (Wildman–Crippen MR) is 74.1 cm³/mol. The van der Waals surface area contributed by atoms with Gasteiger partial charge >= 0.3 is 0 Å². The number of hydrogen-bond acceptors (Lipinski definition) is 1. The van der Waals surface area contributed by atoms with Crippen molar-refractivity contribution < 1.29 is 0 Å². The van der Waals surface area contributed by atoms with Gasteiger partial charge in [0.05, 0.1) is 5.52 Å². The molecule has 0 amide bonds. The number of alkyl halides is 1. The second-order valence-electron chi connectivity index (χ2n) is 2.79. The third-order valence-electron chi connectivity index (χ3n) is 1.79. The van der Waals surface area contributed by atoms with Gasteiger partial charge in [-0.1, -0.05) is 44.6 Å². The highest BCUT2D eigenvalue weighted by molar-refractivity contribution is 14.1. The van der Waals surface area contributed by atoms with Crippen molar-refractivity contribution in [2.75, 3.05) is 4.93 Å². The van der Waals surface area contributed by atoms with Gasteiger partial charge in [-0.15, -0.1) is 0 Å². The average molecular weight is 364 g/mol. The summed E-state index contributed by atoms with van der Waals surface area (Å²) in [7, 11) is 0. The molecule has 1 aromatic heterocycles. The van der Waals surface area contributed by atoms with Crippen LogP contribution in [-0.2, 0) is 0 Å². The summed E-state index contributed by atoms with van der Waals surface area (Å²) >= 11 is 5.57. The summed E-state index contributed by atoms with van der Waals surface area (Å²) in [5, 5.41) is 1.18. The van der Waals surface area contributed by atoms with Crippen LogP contribution in [0.15, 0.2) is 34.8 Å². The van der Waals surface area contributed by atoms with Crippen molar-refractivity contribution in [3.05, 3.63) is 40.5 Å². The summed E-state index contributed by atoms with van der Waals surface area (Å²) in [5.41, 5.74) is 2.11. The van der Waals surface area contributed by atoms with Crippen LogP contribution in [0.5, 0.6) is 0 Å². The molecule has 14 heavy (non-hydrogen) atoms. The molecule has 74 valence electrons. The molecule has 0 fully saturated rings. The van der Waals surface area contributed by atoms with Gasteiger partial charge in [-0.2, -0.15) is 0 Å². The number of fused-ring (bicyclic) bond motifs is 1. The predicted octanol–water partition coefficient (Wildman–Crippen LogP) is 4.36. The first-order valence-corrected chi connectivity index (χ1v) is 7.11. The van der Waals surface area contributed by atoms with Crippen molar-refractivity contribution in [3.8, 4) is 0 Å². The summed E-state index contributed by atoms with van der Waals surface area (Å²) in [4.78, 5) is 6.37. The second kappa shape index (κ2) is 5.66. The minimum atomic E-state index is 1.05. The normalized spacial score (nSPS) is 9.43. The molecule has 0 aliphatic heterocycles.